The van der Waals surface area contributed by atoms with Crippen LogP contribution in [0.5, 0.6) is 0 Å². The summed E-state index contributed by atoms with van der Waals surface area (Å²) in [6.07, 6.45) is -3.24. The van der Waals surface area contributed by atoms with Gasteiger partial charge in [0.1, 0.15) is 5.82 Å². The summed E-state index contributed by atoms with van der Waals surface area (Å²) >= 11 is 1.02. The van der Waals surface area contributed by atoms with Crippen molar-refractivity contribution in [2.45, 2.75) is 18.0 Å². The van der Waals surface area contributed by atoms with Crippen LogP contribution < -0.4 is 0 Å². The minimum absolute atomic E-state index is 0.207. The van der Waals surface area contributed by atoms with E-state index in [-0.39, 0.29) is 4.90 Å². The van der Waals surface area contributed by atoms with Crippen molar-refractivity contribution in [2.24, 2.45) is 0 Å². The van der Waals surface area contributed by atoms with Crippen LogP contribution in [-0.4, -0.2) is 12.0 Å². The highest BCUT2D eigenvalue weighted by atomic mass is 32.2. The summed E-state index contributed by atoms with van der Waals surface area (Å²) in [5.41, 5.74) is -1.93. The van der Waals surface area contributed by atoms with Crippen molar-refractivity contribution in [3.8, 4) is 0 Å². The van der Waals surface area contributed by atoms with Crippen LogP contribution >= 0.6 is 11.8 Å². The van der Waals surface area contributed by atoms with Gasteiger partial charge in [0.15, 0.2) is 5.78 Å². The number of carbonyl (C=O) groups is 1. The number of hydrogen-bond acceptors (Lipinski definition) is 2. The van der Waals surface area contributed by atoms with Crippen LogP contribution in [0, 0.1) is 5.82 Å². The normalized spacial score (nSPS) is 11.6. The number of benzene rings is 1. The molecule has 0 saturated carbocycles. The minimum Gasteiger partial charge on any atom is -0.294 e. The van der Waals surface area contributed by atoms with E-state index in [1.807, 2.05) is 0 Å². The summed E-state index contributed by atoms with van der Waals surface area (Å²) < 4.78 is 50.7. The Bertz CT molecular complexity index is 426. The maximum atomic E-state index is 13.4. The monoisotopic (exact) mass is 252 g/mol. The Balaban J connectivity index is 3.50. The van der Waals surface area contributed by atoms with Gasteiger partial charge in [-0.2, -0.15) is 13.2 Å². The summed E-state index contributed by atoms with van der Waals surface area (Å²) in [6, 6.07) is 1.82. The fraction of sp³-hybridized carbons (Fsp3) is 0.300. The fourth-order valence-electron chi connectivity index (χ4n) is 1.18. The molecule has 0 bridgehead atoms. The predicted molar refractivity (Wildman–Crippen MR) is 53.2 cm³/mol. The lowest BCUT2D eigenvalue weighted by Gasteiger charge is -2.11. The highest BCUT2D eigenvalue weighted by molar-refractivity contribution is 7.98. The average Bonchev–Trinajstić information content (AvgIpc) is 2.15. The summed E-state index contributed by atoms with van der Waals surface area (Å²) in [6.45, 7) is 1.03. The van der Waals surface area contributed by atoms with Crippen LogP contribution in [0.2, 0.25) is 0 Å². The quantitative estimate of drug-likeness (QED) is 0.453. The van der Waals surface area contributed by atoms with E-state index in [9.17, 15) is 22.4 Å². The number of hydrogen-bond donors (Lipinski definition) is 0. The highest BCUT2D eigenvalue weighted by Gasteiger charge is 2.36. The molecule has 0 amide bonds. The molecule has 0 aromatic heterocycles. The van der Waals surface area contributed by atoms with E-state index in [0.29, 0.717) is 6.07 Å². The summed E-state index contributed by atoms with van der Waals surface area (Å²) in [5.74, 6) is -2.23. The molecule has 0 N–H and O–H groups in total. The number of rotatable bonds is 2. The summed E-state index contributed by atoms with van der Waals surface area (Å²) in [4.78, 5) is 11.2. The summed E-state index contributed by atoms with van der Waals surface area (Å²) in [5, 5.41) is 0. The lowest BCUT2D eigenvalue weighted by molar-refractivity contribution is -0.140. The molecule has 16 heavy (non-hydrogen) atoms. The van der Waals surface area contributed by atoms with E-state index in [1.165, 1.54) is 0 Å². The Morgan fingerprint density at radius 2 is 1.88 bits per heavy atom. The van der Waals surface area contributed by atoms with Gasteiger partial charge in [-0.05, 0) is 25.3 Å². The molecule has 0 spiro atoms. The molecule has 6 heteroatoms. The van der Waals surface area contributed by atoms with Gasteiger partial charge in [0.25, 0.3) is 0 Å². The Morgan fingerprint density at radius 1 is 1.31 bits per heavy atom. The molecule has 1 nitrogen and oxygen atoms in total. The van der Waals surface area contributed by atoms with Gasteiger partial charge >= 0.3 is 6.18 Å². The molecule has 0 aliphatic heterocycles. The molecule has 0 radical (unpaired) electrons. The zero-order chi connectivity index (χ0) is 12.5. The molecule has 1 rings (SSSR count). The second-order valence-corrected chi connectivity index (χ2v) is 3.97. The van der Waals surface area contributed by atoms with Gasteiger partial charge in [0.2, 0.25) is 0 Å². The molecule has 0 saturated heterocycles. The van der Waals surface area contributed by atoms with E-state index in [1.54, 1.807) is 6.26 Å². The van der Waals surface area contributed by atoms with Crippen LogP contribution in [0.3, 0.4) is 0 Å². The first-order chi connectivity index (χ1) is 7.27. The van der Waals surface area contributed by atoms with Gasteiger partial charge in [-0.1, -0.05) is 0 Å². The van der Waals surface area contributed by atoms with Gasteiger partial charge in [-0.3, -0.25) is 4.79 Å². The van der Waals surface area contributed by atoms with Crippen molar-refractivity contribution in [3.05, 3.63) is 29.1 Å². The molecular weight excluding hydrogens is 244 g/mol. The molecule has 0 heterocycles. The molecule has 0 atom stereocenters. The first kappa shape index (κ1) is 13.0. The molecule has 0 fully saturated rings. The first-order valence-electron chi connectivity index (χ1n) is 4.23. The first-order valence-corrected chi connectivity index (χ1v) is 5.45. The third kappa shape index (κ3) is 2.55. The van der Waals surface area contributed by atoms with Gasteiger partial charge in [0, 0.05) is 4.90 Å². The second-order valence-electron chi connectivity index (χ2n) is 3.09. The number of thioether (sulfide) groups is 1. The molecule has 1 aromatic rings. The van der Waals surface area contributed by atoms with Crippen molar-refractivity contribution in [2.75, 3.05) is 6.26 Å². The second kappa shape index (κ2) is 4.45. The molecule has 1 aromatic carbocycles. The van der Waals surface area contributed by atoms with E-state index >= 15 is 0 Å². The molecular formula is C10H8F4OS. The highest BCUT2D eigenvalue weighted by Crippen LogP contribution is 2.35. The molecule has 88 valence electrons. The third-order valence-electron chi connectivity index (χ3n) is 1.97. The maximum Gasteiger partial charge on any atom is 0.419 e. The van der Waals surface area contributed by atoms with E-state index < -0.39 is 28.9 Å². The van der Waals surface area contributed by atoms with Crippen molar-refractivity contribution >= 4 is 17.5 Å². The van der Waals surface area contributed by atoms with Crippen LogP contribution in [0.25, 0.3) is 0 Å². The largest absolute Gasteiger partial charge is 0.419 e. The summed E-state index contributed by atoms with van der Waals surface area (Å²) in [7, 11) is 0. The number of ketones is 1. The number of carbonyl (C=O) groups excluding carboxylic acids is 1. The third-order valence-corrected chi connectivity index (χ3v) is 2.67. The molecule has 0 aliphatic carbocycles. The van der Waals surface area contributed by atoms with Crippen molar-refractivity contribution in [3.63, 3.8) is 0 Å². The fourth-order valence-corrected chi connectivity index (χ4v) is 1.65. The average molecular weight is 252 g/mol. The van der Waals surface area contributed by atoms with Crippen LogP contribution in [0.1, 0.15) is 22.8 Å². The zero-order valence-electron chi connectivity index (χ0n) is 8.48. The Labute approximate surface area is 93.8 Å². The SMILES string of the molecule is CSc1cc(C(C)=O)c(F)c(C(F)(F)F)c1. The minimum atomic E-state index is -4.79. The van der Waals surface area contributed by atoms with Gasteiger partial charge in [0.05, 0.1) is 11.1 Å². The van der Waals surface area contributed by atoms with Gasteiger partial charge in [-0.15, -0.1) is 11.8 Å². The molecule has 0 aliphatic rings. The standard InChI is InChI=1S/C10H8F4OS/c1-5(15)7-3-6(16-2)4-8(9(7)11)10(12,13)14/h3-4H,1-2H3. The lowest BCUT2D eigenvalue weighted by atomic mass is 10.1. The van der Waals surface area contributed by atoms with Crippen LogP contribution in [0.15, 0.2) is 17.0 Å². The number of halogens is 4. The van der Waals surface area contributed by atoms with Crippen molar-refractivity contribution in [1.82, 2.24) is 0 Å². The number of alkyl halides is 3. The topological polar surface area (TPSA) is 17.1 Å². The molecule has 0 unspecified atom stereocenters. The lowest BCUT2D eigenvalue weighted by Crippen LogP contribution is -2.12. The van der Waals surface area contributed by atoms with Crippen molar-refractivity contribution in [1.29, 1.82) is 0 Å². The van der Waals surface area contributed by atoms with Gasteiger partial charge < -0.3 is 0 Å². The number of Topliss-reactive ketones (excluding diaryl/α,β-unsaturated/α-hetero) is 1. The van der Waals surface area contributed by atoms with Crippen molar-refractivity contribution < 1.29 is 22.4 Å². The Morgan fingerprint density at radius 3 is 2.25 bits per heavy atom. The van der Waals surface area contributed by atoms with Crippen LogP contribution in [-0.2, 0) is 6.18 Å². The Kier molecular flexibility index (Phi) is 3.62. The maximum absolute atomic E-state index is 13.4. The smallest absolute Gasteiger partial charge is 0.294 e. The van der Waals surface area contributed by atoms with E-state index in [4.69, 9.17) is 0 Å². The van der Waals surface area contributed by atoms with E-state index in [0.717, 1.165) is 24.8 Å². The van der Waals surface area contributed by atoms with Crippen LogP contribution in [0.4, 0.5) is 17.6 Å². The van der Waals surface area contributed by atoms with E-state index in [2.05, 4.69) is 0 Å². The van der Waals surface area contributed by atoms with Gasteiger partial charge in [-0.25, -0.2) is 4.39 Å². The Hall–Kier alpha value is -1.04. The zero-order valence-corrected chi connectivity index (χ0v) is 9.30. The predicted octanol–water partition coefficient (Wildman–Crippen LogP) is 3.77.